The number of carbonyl (C=O) groups is 5. The van der Waals surface area contributed by atoms with Crippen LogP contribution < -0.4 is 11.1 Å². The molecule has 2 amide bonds. The molecule has 0 aromatic heterocycles. The molecular weight excluding hydrogens is 518 g/mol. The van der Waals surface area contributed by atoms with Crippen LogP contribution in [0.15, 0.2) is 40.9 Å². The Kier molecular flexibility index (Phi) is 6.65. The number of aliphatic hydroxyl groups is 3. The molecule has 0 unspecified atom stereocenters. The molecule has 0 radical (unpaired) electrons. The van der Waals surface area contributed by atoms with Gasteiger partial charge in [-0.05, 0) is 31.6 Å². The van der Waals surface area contributed by atoms with Crippen LogP contribution in [0, 0.1) is 11.8 Å². The molecule has 0 saturated carbocycles. The van der Waals surface area contributed by atoms with E-state index in [4.69, 9.17) is 15.6 Å². The molecule has 0 heterocycles. The number of fused-ring (bicyclic) bond motifs is 3. The maximum atomic E-state index is 13.7. The number of aliphatic hydroxyl groups excluding tert-OH is 2. The summed E-state index contributed by atoms with van der Waals surface area (Å²) in [6.45, 7) is 0.757. The molecular formula is C25H27N3O11. The first-order chi connectivity index (χ1) is 18.2. The van der Waals surface area contributed by atoms with Gasteiger partial charge in [-0.25, -0.2) is 4.79 Å². The van der Waals surface area contributed by atoms with Gasteiger partial charge < -0.3 is 41.3 Å². The fraction of sp³-hybridized carbons (Fsp3) is 0.400. The normalized spacial score (nSPS) is 29.9. The summed E-state index contributed by atoms with van der Waals surface area (Å²) in [5.41, 5.74) is 0.794. The lowest BCUT2D eigenvalue weighted by Gasteiger charge is -2.54. The first kappa shape index (κ1) is 27.6. The summed E-state index contributed by atoms with van der Waals surface area (Å²) < 4.78 is 5.62. The van der Waals surface area contributed by atoms with Crippen LogP contribution in [0.5, 0.6) is 5.75 Å². The highest BCUT2D eigenvalue weighted by Gasteiger charge is 2.68. The van der Waals surface area contributed by atoms with Crippen LogP contribution in [0.3, 0.4) is 0 Å². The number of primary amides is 1. The lowest BCUT2D eigenvalue weighted by atomic mass is 9.55. The van der Waals surface area contributed by atoms with Gasteiger partial charge >= 0.3 is 12.1 Å². The summed E-state index contributed by atoms with van der Waals surface area (Å²) in [5, 5.41) is 55.5. The van der Waals surface area contributed by atoms with Gasteiger partial charge in [0.2, 0.25) is 5.78 Å². The van der Waals surface area contributed by atoms with Gasteiger partial charge in [-0.1, -0.05) is 19.1 Å². The second-order valence-corrected chi connectivity index (χ2v) is 9.91. The maximum absolute atomic E-state index is 13.7. The Bertz CT molecular complexity index is 1380. The Morgan fingerprint density at radius 2 is 1.79 bits per heavy atom. The molecule has 3 aliphatic carbocycles. The van der Waals surface area contributed by atoms with E-state index < -0.39 is 100.0 Å². The monoisotopic (exact) mass is 545 g/mol. The van der Waals surface area contributed by atoms with Crippen LogP contribution in [0.4, 0.5) is 4.79 Å². The molecule has 3 aliphatic rings. The van der Waals surface area contributed by atoms with Gasteiger partial charge in [-0.3, -0.25) is 24.1 Å². The zero-order valence-corrected chi connectivity index (χ0v) is 21.0. The number of hydrogen-bond donors (Lipinski definition) is 7. The Labute approximate surface area is 221 Å². The summed E-state index contributed by atoms with van der Waals surface area (Å²) in [4.78, 5) is 64.5. The summed E-state index contributed by atoms with van der Waals surface area (Å²) in [5.74, 6) is -11.2. The first-order valence-electron chi connectivity index (χ1n) is 11.8. The van der Waals surface area contributed by atoms with Crippen LogP contribution in [-0.2, 0) is 19.1 Å². The van der Waals surface area contributed by atoms with Crippen LogP contribution in [0.2, 0.25) is 0 Å². The van der Waals surface area contributed by atoms with Gasteiger partial charge in [0.25, 0.3) is 5.91 Å². The van der Waals surface area contributed by atoms with E-state index in [2.05, 4.69) is 0 Å². The molecule has 14 heteroatoms. The molecule has 1 aromatic rings. The van der Waals surface area contributed by atoms with Crippen LogP contribution in [0.25, 0.3) is 0 Å². The van der Waals surface area contributed by atoms with E-state index in [1.54, 1.807) is 6.92 Å². The van der Waals surface area contributed by atoms with Crippen molar-refractivity contribution in [3.8, 4) is 5.75 Å². The highest BCUT2D eigenvalue weighted by Crippen LogP contribution is 2.56. The average molecular weight is 546 g/mol. The van der Waals surface area contributed by atoms with Crippen molar-refractivity contribution >= 4 is 29.5 Å². The quantitative estimate of drug-likeness (QED) is 0.183. The Balaban J connectivity index is 2.04. The number of ether oxygens (including phenoxy) is 1. The third kappa shape index (κ3) is 3.90. The predicted molar refractivity (Wildman–Crippen MR) is 130 cm³/mol. The van der Waals surface area contributed by atoms with Crippen LogP contribution >= 0.6 is 0 Å². The second-order valence-electron chi connectivity index (χ2n) is 9.91. The van der Waals surface area contributed by atoms with Crippen LogP contribution in [0.1, 0.15) is 28.8 Å². The number of nitrogens with two attached hydrogens (primary N) is 1. The molecule has 0 bridgehead atoms. The number of amides is 2. The van der Waals surface area contributed by atoms with Crippen molar-refractivity contribution in [2.45, 2.75) is 30.6 Å². The number of phenols is 1. The molecule has 14 nitrogen and oxygen atoms in total. The number of benzene rings is 1. The number of nitrogens with zero attached hydrogens (tertiary/aromatic N) is 1. The van der Waals surface area contributed by atoms with Gasteiger partial charge in [-0.15, -0.1) is 0 Å². The van der Waals surface area contributed by atoms with E-state index in [1.165, 1.54) is 37.2 Å². The van der Waals surface area contributed by atoms with E-state index in [0.29, 0.717) is 5.56 Å². The van der Waals surface area contributed by atoms with E-state index in [0.717, 1.165) is 0 Å². The van der Waals surface area contributed by atoms with Gasteiger partial charge in [0.15, 0.2) is 11.4 Å². The van der Waals surface area contributed by atoms with Crippen molar-refractivity contribution in [3.05, 3.63) is 52.0 Å². The molecule has 0 aliphatic heterocycles. The minimum absolute atomic E-state index is 0.205. The first-order valence-corrected chi connectivity index (χ1v) is 11.8. The van der Waals surface area contributed by atoms with Crippen LogP contribution in [-0.4, -0.2) is 98.4 Å². The third-order valence-corrected chi connectivity index (χ3v) is 7.62. The summed E-state index contributed by atoms with van der Waals surface area (Å²) >= 11 is 0. The Morgan fingerprint density at radius 1 is 1.15 bits per heavy atom. The van der Waals surface area contributed by atoms with E-state index >= 15 is 0 Å². The van der Waals surface area contributed by atoms with Gasteiger partial charge in [0.05, 0.1) is 17.5 Å². The molecule has 39 heavy (non-hydrogen) atoms. The van der Waals surface area contributed by atoms with Crippen molar-refractivity contribution in [3.63, 3.8) is 0 Å². The number of likely N-dealkylation sites (N-methyl/N-ethyl adjacent to an activating group) is 1. The highest BCUT2D eigenvalue weighted by molar-refractivity contribution is 6.25. The van der Waals surface area contributed by atoms with Gasteiger partial charge in [0, 0.05) is 11.5 Å². The molecule has 6 atom stereocenters. The van der Waals surface area contributed by atoms with E-state index in [1.807, 2.05) is 5.32 Å². The fourth-order valence-electron chi connectivity index (χ4n) is 6.04. The van der Waals surface area contributed by atoms with Crippen molar-refractivity contribution in [2.24, 2.45) is 17.6 Å². The molecule has 0 spiro atoms. The molecule has 0 saturated heterocycles. The number of esters is 1. The SMILES string of the molecule is C[C@H]1c2cccc(O)c2C(=O)C2=C(O)[C@]3(O)C(=O)C(C(N)=O)=C(O)[C@@H](N(C)C)[C@@H]3[C@@H](OC(=O)CNC(=O)O)[C@@H]21. The average Bonchev–Trinajstić information content (AvgIpc) is 2.84. The smallest absolute Gasteiger partial charge is 0.405 e. The molecule has 1 aromatic carbocycles. The van der Waals surface area contributed by atoms with Crippen molar-refractivity contribution in [1.29, 1.82) is 0 Å². The number of phenolic OH excluding ortho intramolecular Hbond substituents is 1. The number of nitrogens with one attached hydrogen (secondary N) is 1. The molecule has 0 fully saturated rings. The zero-order chi connectivity index (χ0) is 29.1. The van der Waals surface area contributed by atoms with Gasteiger partial charge in [0.1, 0.15) is 35.5 Å². The second kappa shape index (κ2) is 9.39. The zero-order valence-electron chi connectivity index (χ0n) is 21.0. The standard InChI is InChI=1S/C25H27N3O11/c1-8-9-5-4-6-10(29)13(9)18(31)14-12(8)20(39-11(30)7-27-24(36)37)16-17(28(2)3)19(32)15(23(26)35)22(34)25(16,38)21(14)33/h4-6,8,12,16-17,20,27,29,32-33,38H,7H2,1-3H3,(H2,26,35)(H,36,37)/t8-,12+,16+,17-,20-,25-/m0/s1. The fourth-order valence-corrected chi connectivity index (χ4v) is 6.04. The number of carbonyl (C=O) groups excluding carboxylic acids is 4. The Hall–Kier alpha value is -4.43. The summed E-state index contributed by atoms with van der Waals surface area (Å²) in [7, 11) is 2.83. The third-order valence-electron chi connectivity index (χ3n) is 7.62. The minimum Gasteiger partial charge on any atom is -0.510 e. The minimum atomic E-state index is -3.08. The summed E-state index contributed by atoms with van der Waals surface area (Å²) in [6, 6.07) is 2.80. The van der Waals surface area contributed by atoms with Crippen molar-refractivity contribution in [1.82, 2.24) is 10.2 Å². The molecule has 208 valence electrons. The molecule has 8 N–H and O–H groups in total. The largest absolute Gasteiger partial charge is 0.510 e. The summed E-state index contributed by atoms with van der Waals surface area (Å²) in [6.07, 6.45) is -3.17. The lowest BCUT2D eigenvalue weighted by molar-refractivity contribution is -0.180. The van der Waals surface area contributed by atoms with Crippen molar-refractivity contribution in [2.75, 3.05) is 20.6 Å². The van der Waals surface area contributed by atoms with E-state index in [-0.39, 0.29) is 5.56 Å². The number of carboxylic acid groups (broad SMARTS) is 1. The number of rotatable bonds is 5. The number of hydrogen-bond acceptors (Lipinski definition) is 11. The highest BCUT2D eigenvalue weighted by atomic mass is 16.5. The number of Topliss-reactive ketones (excluding diaryl/α,β-unsaturated/α-hetero) is 2. The number of ketones is 2. The molecule has 4 rings (SSSR count). The van der Waals surface area contributed by atoms with Crippen molar-refractivity contribution < 1.29 is 54.2 Å². The maximum Gasteiger partial charge on any atom is 0.405 e. The topological polar surface area (TPSA) is 237 Å². The predicted octanol–water partition coefficient (Wildman–Crippen LogP) is -0.529. The van der Waals surface area contributed by atoms with Gasteiger partial charge in [-0.2, -0.15) is 0 Å². The number of aromatic hydroxyl groups is 1. The van der Waals surface area contributed by atoms with E-state index in [9.17, 15) is 44.4 Å². The Morgan fingerprint density at radius 3 is 2.36 bits per heavy atom. The lowest BCUT2D eigenvalue weighted by Crippen LogP contribution is -2.69.